The minimum absolute atomic E-state index is 0.0624. The van der Waals surface area contributed by atoms with Crippen LogP contribution in [0.3, 0.4) is 0 Å². The minimum Gasteiger partial charge on any atom is -0.338 e. The number of carbonyl (C=O) groups excluding carboxylic acids is 1. The maximum absolute atomic E-state index is 11.6. The van der Waals surface area contributed by atoms with Gasteiger partial charge in [-0.3, -0.25) is 4.90 Å². The summed E-state index contributed by atoms with van der Waals surface area (Å²) in [6, 6.07) is 5.20. The molecule has 1 heterocycles. The molecule has 1 fully saturated rings. The highest BCUT2D eigenvalue weighted by molar-refractivity contribution is 7.09. The molecule has 1 aromatic rings. The summed E-state index contributed by atoms with van der Waals surface area (Å²) < 4.78 is 0. The van der Waals surface area contributed by atoms with Crippen molar-refractivity contribution in [3.05, 3.63) is 22.4 Å². The van der Waals surface area contributed by atoms with E-state index >= 15 is 0 Å². The van der Waals surface area contributed by atoms with Crippen LogP contribution in [-0.4, -0.2) is 43.2 Å². The molecule has 0 saturated heterocycles. The number of thiophene rings is 1. The monoisotopic (exact) mass is 281 g/mol. The van der Waals surface area contributed by atoms with Crippen LogP contribution < -0.4 is 10.6 Å². The lowest BCUT2D eigenvalue weighted by Gasteiger charge is -2.24. The molecular formula is C14H23N3OS. The molecule has 0 aromatic carbocycles. The Morgan fingerprint density at radius 1 is 1.53 bits per heavy atom. The first-order valence-electron chi connectivity index (χ1n) is 6.93. The molecule has 1 aliphatic rings. The molecule has 2 amide bonds. The number of rotatable bonds is 7. The first-order valence-corrected chi connectivity index (χ1v) is 7.81. The summed E-state index contributed by atoms with van der Waals surface area (Å²) in [6.45, 7) is 3.56. The van der Waals surface area contributed by atoms with Crippen LogP contribution in [0.5, 0.6) is 0 Å². The van der Waals surface area contributed by atoms with Gasteiger partial charge in [0.15, 0.2) is 0 Å². The third-order valence-corrected chi connectivity index (χ3v) is 4.55. The summed E-state index contributed by atoms with van der Waals surface area (Å²) in [5.41, 5.74) is 0. The van der Waals surface area contributed by atoms with Crippen molar-refractivity contribution in [2.75, 3.05) is 20.1 Å². The lowest BCUT2D eigenvalue weighted by molar-refractivity contribution is 0.222. The summed E-state index contributed by atoms with van der Waals surface area (Å²) in [4.78, 5) is 15.3. The zero-order chi connectivity index (χ0) is 13.7. The molecule has 106 valence electrons. The molecule has 1 unspecified atom stereocenters. The second kappa shape index (κ2) is 6.91. The zero-order valence-electron chi connectivity index (χ0n) is 11.7. The quantitative estimate of drug-likeness (QED) is 0.803. The standard InChI is InChI=1S/C14H23N3OS/c1-11(17(2)12-5-6-12)10-16-14(18)15-8-7-13-4-3-9-19-13/h3-4,9,11-12H,5-8,10H2,1-2H3,(H2,15,16,18). The summed E-state index contributed by atoms with van der Waals surface area (Å²) in [7, 11) is 2.14. The molecule has 1 atom stereocenters. The fourth-order valence-electron chi connectivity index (χ4n) is 2.04. The zero-order valence-corrected chi connectivity index (χ0v) is 12.5. The largest absolute Gasteiger partial charge is 0.338 e. The van der Waals surface area contributed by atoms with Gasteiger partial charge >= 0.3 is 6.03 Å². The lowest BCUT2D eigenvalue weighted by atomic mass is 10.3. The maximum atomic E-state index is 11.6. The molecule has 0 bridgehead atoms. The van der Waals surface area contributed by atoms with Gasteiger partial charge in [-0.15, -0.1) is 11.3 Å². The van der Waals surface area contributed by atoms with E-state index in [9.17, 15) is 4.79 Å². The van der Waals surface area contributed by atoms with E-state index in [0.29, 0.717) is 19.1 Å². The van der Waals surface area contributed by atoms with E-state index in [1.54, 1.807) is 11.3 Å². The van der Waals surface area contributed by atoms with Crippen LogP contribution >= 0.6 is 11.3 Å². The molecule has 1 aliphatic carbocycles. The van der Waals surface area contributed by atoms with E-state index in [1.807, 2.05) is 6.07 Å². The third kappa shape index (κ3) is 4.84. The van der Waals surface area contributed by atoms with Crippen molar-refractivity contribution in [3.8, 4) is 0 Å². The molecule has 0 aliphatic heterocycles. The smallest absolute Gasteiger partial charge is 0.314 e. The molecule has 5 heteroatoms. The van der Waals surface area contributed by atoms with Gasteiger partial charge in [-0.1, -0.05) is 6.07 Å². The second-order valence-electron chi connectivity index (χ2n) is 5.21. The maximum Gasteiger partial charge on any atom is 0.314 e. The van der Waals surface area contributed by atoms with Crippen molar-refractivity contribution in [2.45, 2.75) is 38.3 Å². The Morgan fingerprint density at radius 2 is 2.32 bits per heavy atom. The second-order valence-corrected chi connectivity index (χ2v) is 6.24. The number of hydrogen-bond acceptors (Lipinski definition) is 3. The molecule has 1 aromatic heterocycles. The van der Waals surface area contributed by atoms with E-state index in [-0.39, 0.29) is 6.03 Å². The number of nitrogens with zero attached hydrogens (tertiary/aromatic N) is 1. The molecular weight excluding hydrogens is 258 g/mol. The first-order chi connectivity index (χ1) is 9.16. The fourth-order valence-corrected chi connectivity index (χ4v) is 2.75. The van der Waals surface area contributed by atoms with Crippen molar-refractivity contribution in [3.63, 3.8) is 0 Å². The van der Waals surface area contributed by atoms with E-state index in [2.05, 4.69) is 41.0 Å². The van der Waals surface area contributed by atoms with Gasteiger partial charge in [0, 0.05) is 30.1 Å². The number of urea groups is 1. The highest BCUT2D eigenvalue weighted by Gasteiger charge is 2.28. The van der Waals surface area contributed by atoms with Crippen molar-refractivity contribution in [1.82, 2.24) is 15.5 Å². The summed E-state index contributed by atoms with van der Waals surface area (Å²) in [5, 5.41) is 7.90. The topological polar surface area (TPSA) is 44.4 Å². The van der Waals surface area contributed by atoms with Crippen molar-refractivity contribution < 1.29 is 4.79 Å². The average molecular weight is 281 g/mol. The van der Waals surface area contributed by atoms with Crippen LogP contribution in [-0.2, 0) is 6.42 Å². The number of carbonyl (C=O) groups is 1. The molecule has 1 saturated carbocycles. The predicted molar refractivity (Wildman–Crippen MR) is 79.7 cm³/mol. The Balaban J connectivity index is 1.56. The fraction of sp³-hybridized carbons (Fsp3) is 0.643. The van der Waals surface area contributed by atoms with Crippen molar-refractivity contribution >= 4 is 17.4 Å². The Hall–Kier alpha value is -1.07. The van der Waals surface area contributed by atoms with Gasteiger partial charge in [0.2, 0.25) is 0 Å². The minimum atomic E-state index is -0.0624. The van der Waals surface area contributed by atoms with Gasteiger partial charge in [-0.05, 0) is 44.7 Å². The first kappa shape index (κ1) is 14.3. The van der Waals surface area contributed by atoms with Gasteiger partial charge in [0.1, 0.15) is 0 Å². The van der Waals surface area contributed by atoms with Gasteiger partial charge in [0.25, 0.3) is 0 Å². The third-order valence-electron chi connectivity index (χ3n) is 3.61. The molecule has 4 nitrogen and oxygen atoms in total. The Bertz CT molecular complexity index is 389. The van der Waals surface area contributed by atoms with Gasteiger partial charge in [-0.25, -0.2) is 4.79 Å². The van der Waals surface area contributed by atoms with Crippen LogP contribution in [0, 0.1) is 0 Å². The Labute approximate surface area is 119 Å². The SMILES string of the molecule is CC(CNC(=O)NCCc1cccs1)N(C)C1CC1. The predicted octanol–water partition coefficient (Wildman–Crippen LogP) is 2.07. The van der Waals surface area contributed by atoms with Gasteiger partial charge in [0.05, 0.1) is 0 Å². The number of hydrogen-bond donors (Lipinski definition) is 2. The highest BCUT2D eigenvalue weighted by atomic mass is 32.1. The summed E-state index contributed by atoms with van der Waals surface area (Å²) >= 11 is 1.73. The molecule has 2 N–H and O–H groups in total. The van der Waals surface area contributed by atoms with Crippen LogP contribution in [0.4, 0.5) is 4.79 Å². The van der Waals surface area contributed by atoms with Crippen LogP contribution in [0.1, 0.15) is 24.6 Å². The molecule has 0 radical (unpaired) electrons. The van der Waals surface area contributed by atoms with Crippen LogP contribution in [0.15, 0.2) is 17.5 Å². The molecule has 19 heavy (non-hydrogen) atoms. The number of nitrogens with one attached hydrogen (secondary N) is 2. The summed E-state index contributed by atoms with van der Waals surface area (Å²) in [6.07, 6.45) is 3.50. The lowest BCUT2D eigenvalue weighted by Crippen LogP contribution is -2.44. The van der Waals surface area contributed by atoms with E-state index in [4.69, 9.17) is 0 Å². The van der Waals surface area contributed by atoms with Crippen molar-refractivity contribution in [1.29, 1.82) is 0 Å². The van der Waals surface area contributed by atoms with Crippen molar-refractivity contribution in [2.24, 2.45) is 0 Å². The summed E-state index contributed by atoms with van der Waals surface area (Å²) in [5.74, 6) is 0. The van der Waals surface area contributed by atoms with Crippen LogP contribution in [0.25, 0.3) is 0 Å². The number of amides is 2. The Kier molecular flexibility index (Phi) is 5.22. The molecule has 0 spiro atoms. The van der Waals surface area contributed by atoms with E-state index in [1.165, 1.54) is 17.7 Å². The van der Waals surface area contributed by atoms with Gasteiger partial charge in [-0.2, -0.15) is 0 Å². The molecule has 2 rings (SSSR count). The van der Waals surface area contributed by atoms with Crippen LogP contribution in [0.2, 0.25) is 0 Å². The van der Waals surface area contributed by atoms with E-state index in [0.717, 1.165) is 12.5 Å². The van der Waals surface area contributed by atoms with E-state index < -0.39 is 0 Å². The Morgan fingerprint density at radius 3 is 2.95 bits per heavy atom. The highest BCUT2D eigenvalue weighted by Crippen LogP contribution is 2.26. The average Bonchev–Trinajstić information content (AvgIpc) is 3.13. The number of likely N-dealkylation sites (N-methyl/N-ethyl adjacent to an activating group) is 1. The van der Waals surface area contributed by atoms with Gasteiger partial charge < -0.3 is 10.6 Å². The normalized spacial score (nSPS) is 16.4.